The molecule has 0 aliphatic carbocycles. The van der Waals surface area contributed by atoms with Crippen LogP contribution in [0.2, 0.25) is 5.02 Å². The van der Waals surface area contributed by atoms with Crippen LogP contribution in [0.5, 0.6) is 0 Å². The standard InChI is InChI=1S/C16H21ClN2O2S/c1-16(2,3)22(20)19-15(13-5-4-10-21-13)14(18)11-6-8-12(17)9-7-11/h4-10,14-15,19H,18H2,1-3H3/t14-,15+,22?/m0/s1. The molecule has 22 heavy (non-hydrogen) atoms. The van der Waals surface area contributed by atoms with Gasteiger partial charge in [0.15, 0.2) is 0 Å². The zero-order chi connectivity index (χ0) is 16.3. The van der Waals surface area contributed by atoms with Crippen LogP contribution >= 0.6 is 11.6 Å². The van der Waals surface area contributed by atoms with Gasteiger partial charge >= 0.3 is 0 Å². The van der Waals surface area contributed by atoms with Crippen molar-refractivity contribution in [3.8, 4) is 0 Å². The highest BCUT2D eigenvalue weighted by Gasteiger charge is 2.29. The average Bonchev–Trinajstić information content (AvgIpc) is 2.97. The van der Waals surface area contributed by atoms with Gasteiger partial charge in [0.2, 0.25) is 0 Å². The van der Waals surface area contributed by atoms with E-state index in [1.54, 1.807) is 24.5 Å². The van der Waals surface area contributed by atoms with Gasteiger partial charge in [0.1, 0.15) is 5.76 Å². The molecule has 1 aromatic heterocycles. The van der Waals surface area contributed by atoms with Gasteiger partial charge in [-0.25, -0.2) is 8.93 Å². The fourth-order valence-electron chi connectivity index (χ4n) is 1.95. The van der Waals surface area contributed by atoms with Crippen LogP contribution in [0.4, 0.5) is 0 Å². The highest BCUT2D eigenvalue weighted by Crippen LogP contribution is 2.29. The van der Waals surface area contributed by atoms with E-state index in [-0.39, 0.29) is 0 Å². The van der Waals surface area contributed by atoms with Crippen molar-refractivity contribution >= 4 is 22.6 Å². The summed E-state index contributed by atoms with van der Waals surface area (Å²) in [5, 5.41) is 0.650. The Balaban J connectivity index is 2.28. The molecule has 0 aliphatic heterocycles. The number of halogens is 1. The molecule has 4 nitrogen and oxygen atoms in total. The van der Waals surface area contributed by atoms with Crippen LogP contribution in [0.15, 0.2) is 47.1 Å². The zero-order valence-electron chi connectivity index (χ0n) is 12.9. The third kappa shape index (κ3) is 4.20. The van der Waals surface area contributed by atoms with E-state index in [2.05, 4.69) is 4.72 Å². The van der Waals surface area contributed by atoms with Crippen LogP contribution < -0.4 is 10.5 Å². The third-order valence-corrected chi connectivity index (χ3v) is 5.09. The Hall–Kier alpha value is -1.14. The Kier molecular flexibility index (Phi) is 5.45. The van der Waals surface area contributed by atoms with E-state index < -0.39 is 27.8 Å². The fourth-order valence-corrected chi connectivity index (χ4v) is 2.92. The van der Waals surface area contributed by atoms with Crippen LogP contribution in [0, 0.1) is 0 Å². The molecule has 0 saturated carbocycles. The lowest BCUT2D eigenvalue weighted by molar-refractivity contribution is 0.407. The highest BCUT2D eigenvalue weighted by atomic mass is 35.5. The molecule has 0 fully saturated rings. The summed E-state index contributed by atoms with van der Waals surface area (Å²) in [4.78, 5) is 0. The maximum Gasteiger partial charge on any atom is 0.123 e. The predicted octanol–water partition coefficient (Wildman–Crippen LogP) is 3.73. The molecule has 0 spiro atoms. The maximum absolute atomic E-state index is 12.4. The second-order valence-electron chi connectivity index (χ2n) is 6.07. The summed E-state index contributed by atoms with van der Waals surface area (Å²) in [5.74, 6) is 0.653. The number of rotatable bonds is 5. The van der Waals surface area contributed by atoms with Gasteiger partial charge < -0.3 is 10.2 Å². The van der Waals surface area contributed by atoms with Crippen LogP contribution in [0.1, 0.15) is 44.2 Å². The topological polar surface area (TPSA) is 68.3 Å². The molecule has 0 aliphatic rings. The zero-order valence-corrected chi connectivity index (χ0v) is 14.4. The van der Waals surface area contributed by atoms with Gasteiger partial charge in [0.25, 0.3) is 0 Å². The van der Waals surface area contributed by atoms with Crippen molar-refractivity contribution in [2.75, 3.05) is 0 Å². The van der Waals surface area contributed by atoms with E-state index in [9.17, 15) is 4.21 Å². The monoisotopic (exact) mass is 340 g/mol. The van der Waals surface area contributed by atoms with Gasteiger partial charge in [-0.05, 0) is 50.6 Å². The van der Waals surface area contributed by atoms with E-state index in [0.717, 1.165) is 5.56 Å². The van der Waals surface area contributed by atoms with E-state index >= 15 is 0 Å². The van der Waals surface area contributed by atoms with Gasteiger partial charge in [0.05, 0.1) is 34.1 Å². The summed E-state index contributed by atoms with van der Waals surface area (Å²) in [5.41, 5.74) is 7.26. The van der Waals surface area contributed by atoms with Crippen LogP contribution in [0.25, 0.3) is 0 Å². The van der Waals surface area contributed by atoms with Gasteiger partial charge in [-0.3, -0.25) is 0 Å². The molecule has 1 unspecified atom stereocenters. The van der Waals surface area contributed by atoms with Gasteiger partial charge in [-0.15, -0.1) is 0 Å². The molecule has 6 heteroatoms. The van der Waals surface area contributed by atoms with Crippen molar-refractivity contribution in [1.82, 2.24) is 4.72 Å². The molecule has 0 radical (unpaired) electrons. The molecule has 1 aromatic carbocycles. The molecule has 2 rings (SSSR count). The summed E-state index contributed by atoms with van der Waals surface area (Å²) < 4.78 is 20.6. The molecule has 3 atom stereocenters. The minimum atomic E-state index is -1.27. The molecule has 1 heterocycles. The Morgan fingerprint density at radius 2 is 1.86 bits per heavy atom. The van der Waals surface area contributed by atoms with E-state index in [1.807, 2.05) is 39.0 Å². The smallest absolute Gasteiger partial charge is 0.123 e. The van der Waals surface area contributed by atoms with Gasteiger partial charge in [0, 0.05) is 5.02 Å². The largest absolute Gasteiger partial charge is 0.468 e. The van der Waals surface area contributed by atoms with E-state index in [1.165, 1.54) is 0 Å². The maximum atomic E-state index is 12.4. The first-order chi connectivity index (χ1) is 10.3. The van der Waals surface area contributed by atoms with Crippen LogP contribution in [0.3, 0.4) is 0 Å². The first kappa shape index (κ1) is 17.2. The van der Waals surface area contributed by atoms with Crippen molar-refractivity contribution in [3.05, 3.63) is 59.0 Å². The predicted molar refractivity (Wildman–Crippen MR) is 90.9 cm³/mol. The number of hydrogen-bond acceptors (Lipinski definition) is 3. The molecular weight excluding hydrogens is 320 g/mol. The third-order valence-electron chi connectivity index (χ3n) is 3.25. The van der Waals surface area contributed by atoms with E-state index in [0.29, 0.717) is 10.8 Å². The summed E-state index contributed by atoms with van der Waals surface area (Å²) in [6.07, 6.45) is 1.58. The number of furan rings is 1. The second-order valence-corrected chi connectivity index (χ2v) is 8.50. The second kappa shape index (κ2) is 6.96. The Labute approximate surface area is 138 Å². The summed E-state index contributed by atoms with van der Waals surface area (Å²) in [6, 6.07) is 10.1. The number of nitrogens with two attached hydrogens (primary N) is 1. The lowest BCUT2D eigenvalue weighted by Crippen LogP contribution is -2.39. The lowest BCUT2D eigenvalue weighted by Gasteiger charge is -2.27. The average molecular weight is 341 g/mol. The number of nitrogens with one attached hydrogen (secondary N) is 1. The molecular formula is C16H21ClN2O2S. The molecule has 2 aromatic rings. The van der Waals surface area contributed by atoms with Crippen LogP contribution in [-0.2, 0) is 11.0 Å². The Morgan fingerprint density at radius 1 is 1.23 bits per heavy atom. The first-order valence-electron chi connectivity index (χ1n) is 7.01. The van der Waals surface area contributed by atoms with Crippen molar-refractivity contribution in [2.45, 2.75) is 37.6 Å². The summed E-state index contributed by atoms with van der Waals surface area (Å²) in [7, 11) is -1.27. The first-order valence-corrected chi connectivity index (χ1v) is 8.54. The van der Waals surface area contributed by atoms with E-state index in [4.69, 9.17) is 21.8 Å². The van der Waals surface area contributed by atoms with Crippen molar-refractivity contribution in [2.24, 2.45) is 5.73 Å². The number of hydrogen-bond donors (Lipinski definition) is 2. The normalized spacial score (nSPS) is 16.2. The SMILES string of the molecule is CC(C)(C)S(=O)N[C@H](c1ccco1)[C@@H](N)c1ccc(Cl)cc1. The summed E-state index contributed by atoms with van der Waals surface area (Å²) in [6.45, 7) is 5.72. The van der Waals surface area contributed by atoms with Gasteiger partial charge in [-0.2, -0.15) is 0 Å². The fraction of sp³-hybridized carbons (Fsp3) is 0.375. The molecule has 120 valence electrons. The number of benzene rings is 1. The molecule has 3 N–H and O–H groups in total. The van der Waals surface area contributed by atoms with Crippen molar-refractivity contribution < 1.29 is 8.63 Å². The molecule has 0 bridgehead atoms. The van der Waals surface area contributed by atoms with Gasteiger partial charge in [-0.1, -0.05) is 23.7 Å². The quantitative estimate of drug-likeness (QED) is 0.871. The molecule has 0 amide bonds. The highest BCUT2D eigenvalue weighted by molar-refractivity contribution is 7.84. The summed E-state index contributed by atoms with van der Waals surface area (Å²) >= 11 is 5.92. The lowest BCUT2D eigenvalue weighted by atomic mass is 9.99. The van der Waals surface area contributed by atoms with Crippen LogP contribution in [-0.4, -0.2) is 8.96 Å². The van der Waals surface area contributed by atoms with Crippen molar-refractivity contribution in [1.29, 1.82) is 0 Å². The Morgan fingerprint density at radius 3 is 2.36 bits per heavy atom. The minimum absolute atomic E-state index is 0.392. The minimum Gasteiger partial charge on any atom is -0.468 e. The Bertz CT molecular complexity index is 621. The van der Waals surface area contributed by atoms with Crippen molar-refractivity contribution in [3.63, 3.8) is 0 Å². The molecule has 0 saturated heterocycles.